The van der Waals surface area contributed by atoms with E-state index in [9.17, 15) is 19.2 Å². The first-order chi connectivity index (χ1) is 24.3. The van der Waals surface area contributed by atoms with Gasteiger partial charge in [-0.15, -0.1) is 0 Å². The Morgan fingerprint density at radius 3 is 2.56 bits per heavy atom. The number of nitrogens with one attached hydrogen (secondary N) is 1. The third-order valence-electron chi connectivity index (χ3n) is 8.21. The fraction of sp³-hybridized carbons (Fsp3) is 0.571. The van der Waals surface area contributed by atoms with Crippen molar-refractivity contribution in [2.45, 2.75) is 83.8 Å². The first kappa shape index (κ1) is 40.0. The lowest BCUT2D eigenvalue weighted by atomic mass is 10.00. The van der Waals surface area contributed by atoms with Crippen LogP contribution in [-0.4, -0.2) is 103 Å². The monoisotopic (exact) mass is 701 g/mol. The standard InChI is InChI=1S/C32H41N5O9.C2H6.CH4O/c1-4-14-45-32(41)37-23-18-25(43-16-9-11-28(39)34-26-19-35(2)27(20-38)33-26)24(42-3)17-21(23)30(40)36-13-7-5-10-22(36)31(37)46-29-12-6-8-15-44-29;2*1-2/h4,17-20,22,29,31H,1,5-16H2,2-3H3,(H,34,39);1-2H3;2H,1H3/t22-,29?,31?;;/m0../s1. The molecule has 4 heterocycles. The molecule has 0 saturated carbocycles. The molecule has 15 heteroatoms. The van der Waals surface area contributed by atoms with E-state index in [1.807, 2.05) is 13.8 Å². The summed E-state index contributed by atoms with van der Waals surface area (Å²) in [5, 5.41) is 9.67. The first-order valence-corrected chi connectivity index (χ1v) is 17.1. The van der Waals surface area contributed by atoms with Crippen LogP contribution in [0.15, 0.2) is 31.0 Å². The highest BCUT2D eigenvalue weighted by molar-refractivity contribution is 6.06. The molecule has 0 spiro atoms. The number of aliphatic hydroxyl groups is 1. The Kier molecular flexibility index (Phi) is 16.2. The summed E-state index contributed by atoms with van der Waals surface area (Å²) in [6.45, 7) is 8.83. The van der Waals surface area contributed by atoms with Gasteiger partial charge in [-0.25, -0.2) is 14.7 Å². The van der Waals surface area contributed by atoms with Gasteiger partial charge in [-0.3, -0.25) is 14.4 Å². The quantitative estimate of drug-likeness (QED) is 0.179. The predicted octanol–water partition coefficient (Wildman–Crippen LogP) is 4.68. The molecule has 2 saturated heterocycles. The Morgan fingerprint density at radius 1 is 1.14 bits per heavy atom. The zero-order valence-electron chi connectivity index (χ0n) is 29.7. The molecule has 2 fully saturated rings. The average Bonchev–Trinajstić information content (AvgIpc) is 3.47. The zero-order valence-corrected chi connectivity index (χ0v) is 29.7. The van der Waals surface area contributed by atoms with Crippen LogP contribution in [-0.2, 0) is 26.1 Å². The molecule has 276 valence electrons. The Morgan fingerprint density at radius 2 is 1.90 bits per heavy atom. The van der Waals surface area contributed by atoms with E-state index in [0.717, 1.165) is 32.8 Å². The minimum Gasteiger partial charge on any atom is -0.493 e. The van der Waals surface area contributed by atoms with Crippen molar-refractivity contribution in [1.82, 2.24) is 14.5 Å². The molecule has 0 radical (unpaired) electrons. The summed E-state index contributed by atoms with van der Waals surface area (Å²) in [5.74, 6) is 0.521. The minimum absolute atomic E-state index is 0.0316. The van der Waals surface area contributed by atoms with Gasteiger partial charge in [0, 0.05) is 46.0 Å². The number of hydrogen-bond acceptors (Lipinski definition) is 11. The summed E-state index contributed by atoms with van der Waals surface area (Å²) in [6, 6.07) is 2.74. The van der Waals surface area contributed by atoms with E-state index in [2.05, 4.69) is 16.9 Å². The molecule has 1 aromatic heterocycles. The number of fused-ring (bicyclic) bond motifs is 2. The molecule has 5 rings (SSSR count). The largest absolute Gasteiger partial charge is 0.493 e. The molecule has 2 aromatic rings. The second kappa shape index (κ2) is 20.3. The van der Waals surface area contributed by atoms with E-state index in [-0.39, 0.29) is 60.1 Å². The molecule has 0 bridgehead atoms. The number of benzene rings is 1. The molecule has 3 aliphatic heterocycles. The number of hydrogen-bond donors (Lipinski definition) is 2. The Labute approximate surface area is 293 Å². The maximum Gasteiger partial charge on any atom is 0.416 e. The normalized spacial score (nSPS) is 19.6. The fourth-order valence-corrected chi connectivity index (χ4v) is 5.96. The molecule has 2 unspecified atom stereocenters. The van der Waals surface area contributed by atoms with Crippen LogP contribution in [0, 0.1) is 0 Å². The van der Waals surface area contributed by atoms with Crippen molar-refractivity contribution >= 4 is 35.7 Å². The van der Waals surface area contributed by atoms with E-state index < -0.39 is 24.7 Å². The number of ether oxygens (including phenoxy) is 5. The highest BCUT2D eigenvalue weighted by Gasteiger charge is 2.46. The van der Waals surface area contributed by atoms with Crippen LogP contribution in [0.25, 0.3) is 0 Å². The molecule has 1 aromatic carbocycles. The van der Waals surface area contributed by atoms with Gasteiger partial charge in [-0.05, 0) is 51.0 Å². The van der Waals surface area contributed by atoms with Gasteiger partial charge >= 0.3 is 6.09 Å². The molecule has 50 heavy (non-hydrogen) atoms. The third-order valence-corrected chi connectivity index (χ3v) is 8.21. The van der Waals surface area contributed by atoms with Crippen LogP contribution < -0.4 is 19.7 Å². The van der Waals surface area contributed by atoms with Gasteiger partial charge in [0.25, 0.3) is 5.91 Å². The zero-order chi connectivity index (χ0) is 36.6. The van der Waals surface area contributed by atoms with Crippen LogP contribution in [0.4, 0.5) is 16.3 Å². The van der Waals surface area contributed by atoms with E-state index in [1.165, 1.54) is 22.7 Å². The van der Waals surface area contributed by atoms with Crippen molar-refractivity contribution in [3.05, 3.63) is 42.4 Å². The Balaban J connectivity index is 0.00000163. The van der Waals surface area contributed by atoms with E-state index in [0.29, 0.717) is 44.4 Å². The van der Waals surface area contributed by atoms with Gasteiger partial charge in [0.15, 0.2) is 41.9 Å². The molecule has 15 nitrogen and oxygen atoms in total. The summed E-state index contributed by atoms with van der Waals surface area (Å²) < 4.78 is 31.2. The number of aldehydes is 1. The number of anilines is 2. The van der Waals surface area contributed by atoms with Crippen molar-refractivity contribution < 1.29 is 48.0 Å². The van der Waals surface area contributed by atoms with Gasteiger partial charge in [0.05, 0.1) is 31.0 Å². The second-order valence-electron chi connectivity index (χ2n) is 11.4. The number of aromatic nitrogens is 2. The molecule has 3 amide bonds. The summed E-state index contributed by atoms with van der Waals surface area (Å²) in [6.07, 6.45) is 6.85. The first-order valence-electron chi connectivity index (χ1n) is 17.1. The SMILES string of the molecule is C=CCOC(=O)N1c2cc(OCCCC(=O)Nc3cn(C)c(C=O)n3)c(OC)cc2C(=O)N2CCCC[C@H]2C1OC1CCCCO1.CC.CO. The number of methoxy groups -OCH3 is 1. The van der Waals surface area contributed by atoms with Crippen LogP contribution in [0.1, 0.15) is 86.2 Å². The summed E-state index contributed by atoms with van der Waals surface area (Å²) >= 11 is 0. The topological polar surface area (TPSA) is 171 Å². The maximum atomic E-state index is 14.1. The van der Waals surface area contributed by atoms with Crippen molar-refractivity contribution in [2.75, 3.05) is 50.8 Å². The van der Waals surface area contributed by atoms with Gasteiger partial charge in [-0.2, -0.15) is 0 Å². The van der Waals surface area contributed by atoms with Crippen molar-refractivity contribution in [1.29, 1.82) is 0 Å². The van der Waals surface area contributed by atoms with E-state index in [4.69, 9.17) is 28.8 Å². The minimum atomic E-state index is -0.873. The summed E-state index contributed by atoms with van der Waals surface area (Å²) in [4.78, 5) is 58.6. The maximum absolute atomic E-state index is 14.1. The summed E-state index contributed by atoms with van der Waals surface area (Å²) in [7, 11) is 4.13. The Hall–Kier alpha value is -4.47. The predicted molar refractivity (Wildman–Crippen MR) is 186 cm³/mol. The fourth-order valence-electron chi connectivity index (χ4n) is 5.96. The van der Waals surface area contributed by atoms with E-state index in [1.54, 1.807) is 30.3 Å². The number of carbonyl (C=O) groups excluding carboxylic acids is 4. The van der Waals surface area contributed by atoms with Crippen LogP contribution >= 0.6 is 0 Å². The number of amides is 3. The lowest BCUT2D eigenvalue weighted by molar-refractivity contribution is -0.198. The van der Waals surface area contributed by atoms with Crippen LogP contribution in [0.3, 0.4) is 0 Å². The smallest absolute Gasteiger partial charge is 0.416 e. The number of rotatable bonds is 12. The number of carbonyl (C=O) groups is 4. The second-order valence-corrected chi connectivity index (χ2v) is 11.4. The van der Waals surface area contributed by atoms with E-state index >= 15 is 0 Å². The number of aliphatic hydroxyl groups excluding tert-OH is 1. The van der Waals surface area contributed by atoms with Crippen molar-refractivity contribution in [2.24, 2.45) is 7.05 Å². The Bertz CT molecular complexity index is 1440. The highest BCUT2D eigenvalue weighted by Crippen LogP contribution is 2.42. The molecular weight excluding hydrogens is 650 g/mol. The van der Waals surface area contributed by atoms with Gasteiger partial charge in [0.1, 0.15) is 6.61 Å². The van der Waals surface area contributed by atoms with Gasteiger partial charge in [0.2, 0.25) is 5.91 Å². The number of piperidine rings is 1. The number of nitrogens with zero attached hydrogens (tertiary/aromatic N) is 4. The van der Waals surface area contributed by atoms with Crippen molar-refractivity contribution in [3.63, 3.8) is 0 Å². The third kappa shape index (κ3) is 9.82. The molecule has 2 N–H and O–H groups in total. The lowest BCUT2D eigenvalue weighted by Crippen LogP contribution is -2.57. The number of aryl methyl sites for hydroxylation is 1. The highest BCUT2D eigenvalue weighted by atomic mass is 16.7. The molecular formula is C35H51N5O10. The number of imidazole rings is 1. The van der Waals surface area contributed by atoms with Crippen LogP contribution in [0.5, 0.6) is 11.5 Å². The molecule has 0 aliphatic carbocycles. The lowest BCUT2D eigenvalue weighted by Gasteiger charge is -2.42. The molecule has 3 aliphatic rings. The summed E-state index contributed by atoms with van der Waals surface area (Å²) in [5.41, 5.74) is 0.524. The van der Waals surface area contributed by atoms with Crippen molar-refractivity contribution in [3.8, 4) is 11.5 Å². The molecule has 3 atom stereocenters. The average molecular weight is 702 g/mol. The van der Waals surface area contributed by atoms with Gasteiger partial charge in [-0.1, -0.05) is 26.5 Å². The van der Waals surface area contributed by atoms with Gasteiger partial charge < -0.3 is 43.6 Å². The van der Waals surface area contributed by atoms with Crippen LogP contribution in [0.2, 0.25) is 0 Å².